The molecule has 0 saturated heterocycles. The zero-order valence-electron chi connectivity index (χ0n) is 31.5. The van der Waals surface area contributed by atoms with E-state index < -0.39 is 11.9 Å². The van der Waals surface area contributed by atoms with Gasteiger partial charge in [-0.05, 0) is 39.6 Å². The molecule has 0 aliphatic heterocycles. The Morgan fingerprint density at radius 1 is 0.694 bits per heavy atom. The van der Waals surface area contributed by atoms with E-state index in [1.165, 1.54) is 31.9 Å². The molecule has 4 aromatic heterocycles. The molecule has 0 bridgehead atoms. The van der Waals surface area contributed by atoms with Gasteiger partial charge >= 0.3 is 5.97 Å². The lowest BCUT2D eigenvalue weighted by atomic mass is 10.0. The fraction of sp³-hybridized carbons (Fsp3) is 0.0930. The number of nitrogens with two attached hydrogens (primary N) is 2. The Bertz CT molecular complexity index is 2950. The number of nitrogen functional groups attached to an aromatic ring is 1. The van der Waals surface area contributed by atoms with E-state index in [0.717, 1.165) is 10.8 Å². The predicted molar refractivity (Wildman–Crippen MR) is 241 cm³/mol. The highest BCUT2D eigenvalue weighted by Crippen LogP contribution is 2.26. The van der Waals surface area contributed by atoms with Crippen LogP contribution in [0.25, 0.3) is 53.5 Å². The molecule has 0 spiro atoms. The highest BCUT2D eigenvalue weighted by atomic mass is 16.5. The number of aromatic hydroxyl groups is 1. The van der Waals surface area contributed by atoms with Gasteiger partial charge < -0.3 is 36.3 Å². The molecule has 0 aliphatic rings. The van der Waals surface area contributed by atoms with Gasteiger partial charge in [-0.25, -0.2) is 20.8 Å². The summed E-state index contributed by atoms with van der Waals surface area (Å²) in [5, 5.41) is 17.0. The maximum Gasteiger partial charge on any atom is 0.339 e. The van der Waals surface area contributed by atoms with Gasteiger partial charge in [0.25, 0.3) is 22.6 Å². The number of Topliss-reactive ketones (excluding diaryl/α,β-unsaturated/α-hetero) is 1. The van der Waals surface area contributed by atoms with E-state index >= 15 is 0 Å². The molecule has 0 radical (unpaired) electrons. The number of hydrogen-bond acceptors (Lipinski definition) is 13. The molecule has 8 rings (SSSR count). The number of rotatable bonds is 4. The number of carbonyl (C=O) groups excluding carboxylic acids is 3. The third-order valence-electron chi connectivity index (χ3n) is 8.49. The highest BCUT2D eigenvalue weighted by Gasteiger charge is 2.12. The number of nitrogens with zero attached hydrogens (tertiary/aromatic N) is 4. The maximum absolute atomic E-state index is 11.5. The summed E-state index contributed by atoms with van der Waals surface area (Å²) in [5.74, 6) is -0.733. The lowest BCUT2D eigenvalue weighted by molar-refractivity contribution is 0.0602. The van der Waals surface area contributed by atoms with Gasteiger partial charge in [-0.2, -0.15) is 0 Å². The standard InChI is InChI=1S/C11H10N2O2.C11H9NO3.C10H6N4O2.C9H8N2O.2CH4.H2N2.H2/c12-5-10(14)9-6-13-11(15)8-4-2-1-3-7(8)9;1-15-11(14)9-6-12-10(13)8-5-3-2-4-7(8)9;11-14-13-10(16)8-5-12-9(15)7-4-2-1-3-6(7)8;10-9-7-4-2-1-3-6(7)8(12)5-11-9;;;1-2;/h1-4,6H,5,12H2,(H,13,15);2-6H,1H3,(H,12,13);1-5H,(H,12,15);1-5,12H,(H2,10,11);2*1H4;1-2H;1H. The van der Waals surface area contributed by atoms with Crippen LogP contribution in [0, 0.1) is 11.1 Å². The van der Waals surface area contributed by atoms with Gasteiger partial charge in [-0.1, -0.05) is 93.7 Å². The third-order valence-corrected chi connectivity index (χ3v) is 8.49. The van der Waals surface area contributed by atoms with E-state index in [0.29, 0.717) is 49.3 Å². The van der Waals surface area contributed by atoms with Crippen LogP contribution in [0.1, 0.15) is 47.4 Å². The van der Waals surface area contributed by atoms with Gasteiger partial charge in [0.15, 0.2) is 5.78 Å². The van der Waals surface area contributed by atoms with Crippen LogP contribution in [-0.2, 0) is 4.74 Å². The van der Waals surface area contributed by atoms with Crippen molar-refractivity contribution in [2.75, 3.05) is 19.4 Å². The van der Waals surface area contributed by atoms with Crippen molar-refractivity contribution >= 4 is 66.6 Å². The number of methoxy groups -OCH3 is 1. The molecule has 10 N–H and O–H groups in total. The third kappa shape index (κ3) is 11.4. The van der Waals surface area contributed by atoms with E-state index in [-0.39, 0.29) is 56.6 Å². The van der Waals surface area contributed by atoms with Crippen molar-refractivity contribution < 1.29 is 25.7 Å². The Morgan fingerprint density at radius 3 is 1.48 bits per heavy atom. The monoisotopic (exact) mass is 843 g/mol. The number of ketones is 1. The van der Waals surface area contributed by atoms with Crippen LogP contribution >= 0.6 is 0 Å². The average molecular weight is 844 g/mol. The fourth-order valence-electron chi connectivity index (χ4n) is 5.72. The molecule has 19 heteroatoms. The second kappa shape index (κ2) is 23.6. The number of nitrogens with one attached hydrogen (secondary N) is 5. The largest absolute Gasteiger partial charge is 0.506 e. The molecule has 0 atom stereocenters. The number of aromatic nitrogens is 4. The zero-order valence-corrected chi connectivity index (χ0v) is 31.5. The first kappa shape index (κ1) is 49.3. The van der Waals surface area contributed by atoms with Crippen molar-refractivity contribution in [3.8, 4) is 5.75 Å². The number of fused-ring (bicyclic) bond motifs is 4. The summed E-state index contributed by atoms with van der Waals surface area (Å²) >= 11 is 0. The Kier molecular flexibility index (Phi) is 18.8. The molecule has 8 aromatic rings. The van der Waals surface area contributed by atoms with Crippen molar-refractivity contribution in [3.05, 3.63) is 180 Å². The van der Waals surface area contributed by atoms with Crippen LogP contribution in [0.2, 0.25) is 0 Å². The predicted octanol–water partition coefficient (Wildman–Crippen LogP) is 7.60. The van der Waals surface area contributed by atoms with E-state index in [4.69, 9.17) is 28.1 Å². The number of azide groups is 1. The molecule has 0 unspecified atom stereocenters. The molecule has 0 fully saturated rings. The molecule has 19 nitrogen and oxygen atoms in total. The minimum Gasteiger partial charge on any atom is -0.506 e. The van der Waals surface area contributed by atoms with Crippen molar-refractivity contribution in [2.45, 2.75) is 14.9 Å². The fourth-order valence-corrected chi connectivity index (χ4v) is 5.72. The first-order valence-electron chi connectivity index (χ1n) is 17.3. The number of aromatic amines is 3. The Balaban J connectivity index is 0.000000409. The second-order valence-electron chi connectivity index (χ2n) is 11.9. The average Bonchev–Trinajstić information content (AvgIpc) is 3.29. The second-order valence-corrected chi connectivity index (χ2v) is 11.9. The van der Waals surface area contributed by atoms with Crippen molar-refractivity contribution in [3.63, 3.8) is 0 Å². The Morgan fingerprint density at radius 2 is 1.06 bits per heavy atom. The lowest BCUT2D eigenvalue weighted by Gasteiger charge is -2.02. The summed E-state index contributed by atoms with van der Waals surface area (Å²) in [5.41, 5.74) is 29.4. The number of anilines is 1. The summed E-state index contributed by atoms with van der Waals surface area (Å²) in [4.78, 5) is 82.3. The van der Waals surface area contributed by atoms with Gasteiger partial charge in [0, 0.05) is 68.4 Å². The van der Waals surface area contributed by atoms with Crippen LogP contribution in [0.4, 0.5) is 5.82 Å². The first-order valence-corrected chi connectivity index (χ1v) is 17.3. The van der Waals surface area contributed by atoms with Crippen LogP contribution in [0.5, 0.6) is 5.75 Å². The number of amides is 1. The number of benzene rings is 4. The van der Waals surface area contributed by atoms with Crippen molar-refractivity contribution in [1.29, 1.82) is 11.1 Å². The topological polar surface area (TPSA) is 341 Å². The Hall–Kier alpha value is -8.80. The molecular formula is C43H45N11O8. The van der Waals surface area contributed by atoms with Gasteiger partial charge in [0.2, 0.25) is 0 Å². The van der Waals surface area contributed by atoms with Gasteiger partial charge in [0.1, 0.15) is 11.6 Å². The molecule has 62 heavy (non-hydrogen) atoms. The number of carbonyl (C=O) groups is 3. The summed E-state index contributed by atoms with van der Waals surface area (Å²) in [6.07, 6.45) is 5.40. The van der Waals surface area contributed by atoms with Crippen LogP contribution in [0.3, 0.4) is 0 Å². The number of H-pyrrole nitrogens is 3. The summed E-state index contributed by atoms with van der Waals surface area (Å²) in [7, 11) is 1.31. The lowest BCUT2D eigenvalue weighted by Crippen LogP contribution is -2.17. The van der Waals surface area contributed by atoms with Gasteiger partial charge in [0.05, 0.1) is 25.4 Å². The van der Waals surface area contributed by atoms with Crippen LogP contribution < -0.4 is 28.1 Å². The molecule has 0 saturated carbocycles. The SMILES string of the molecule is C.C.COC(=O)c1c[nH]c(=O)c2ccccc12.N=N.NCC(=O)c1c[nH]c(=O)c2ccccc12.Nc1ncc(O)c2ccccc12.[HH].[N-]=[N+]=NC(=O)c1c[nH]c(=O)c2ccccc12. The molecule has 320 valence electrons. The minimum absolute atomic E-state index is 0. The van der Waals surface area contributed by atoms with Gasteiger partial charge in [-0.3, -0.25) is 24.0 Å². The summed E-state index contributed by atoms with van der Waals surface area (Å²) in [6.45, 7) is -0.0595. The highest BCUT2D eigenvalue weighted by molar-refractivity contribution is 6.09. The zero-order chi connectivity index (χ0) is 43.8. The van der Waals surface area contributed by atoms with Crippen molar-refractivity contribution in [1.82, 2.24) is 19.9 Å². The number of ether oxygens (including phenoxy) is 1. The van der Waals surface area contributed by atoms with E-state index in [2.05, 4.69) is 34.7 Å². The van der Waals surface area contributed by atoms with E-state index in [9.17, 15) is 33.9 Å². The quantitative estimate of drug-likeness (QED) is 0.0280. The summed E-state index contributed by atoms with van der Waals surface area (Å²) in [6, 6.07) is 27.9. The van der Waals surface area contributed by atoms with E-state index in [1.807, 2.05) is 24.3 Å². The Labute approximate surface area is 353 Å². The smallest absolute Gasteiger partial charge is 0.339 e. The maximum atomic E-state index is 11.5. The first-order chi connectivity index (χ1) is 29.0. The van der Waals surface area contributed by atoms with Crippen LogP contribution in [0.15, 0.2) is 141 Å². The summed E-state index contributed by atoms with van der Waals surface area (Å²) < 4.78 is 4.62. The van der Waals surface area contributed by atoms with Crippen molar-refractivity contribution in [2.24, 2.45) is 10.8 Å². The molecule has 1 amide bonds. The number of hydrogen-bond donors (Lipinski definition) is 8. The normalized spacial score (nSPS) is 9.58. The molecular weight excluding hydrogens is 799 g/mol. The molecule has 0 aliphatic carbocycles. The minimum atomic E-state index is -0.713. The number of pyridine rings is 4. The van der Waals surface area contributed by atoms with Gasteiger partial charge in [-0.15, -0.1) is 0 Å². The van der Waals surface area contributed by atoms with Crippen LogP contribution in [-0.4, -0.2) is 56.4 Å². The molecule has 4 heterocycles. The van der Waals surface area contributed by atoms with E-state index in [1.54, 1.807) is 72.8 Å². The number of esters is 1. The molecule has 4 aromatic carbocycles.